The molecule has 0 saturated heterocycles. The zero-order chi connectivity index (χ0) is 14.7. The Bertz CT molecular complexity index is 476. The van der Waals surface area contributed by atoms with Crippen LogP contribution in [0.25, 0.3) is 0 Å². The molecule has 2 rings (SSSR count). The molecule has 0 spiro atoms. The standard InChI is InChI=1S/C14H24N4O2/c1-10(2)17-14(13(18(19)20)11(3)16-17)15-9-12-7-5-4-6-8-12/h10,12,15H,4-9H2,1-3H3. The van der Waals surface area contributed by atoms with E-state index in [4.69, 9.17) is 0 Å². The summed E-state index contributed by atoms with van der Waals surface area (Å²) in [6, 6.07) is 0.108. The van der Waals surface area contributed by atoms with E-state index in [1.165, 1.54) is 32.1 Å². The van der Waals surface area contributed by atoms with Gasteiger partial charge in [-0.15, -0.1) is 0 Å². The topological polar surface area (TPSA) is 73.0 Å². The Balaban J connectivity index is 2.17. The lowest BCUT2D eigenvalue weighted by Crippen LogP contribution is -2.20. The average Bonchev–Trinajstić information content (AvgIpc) is 2.74. The zero-order valence-electron chi connectivity index (χ0n) is 12.6. The van der Waals surface area contributed by atoms with Gasteiger partial charge in [0.1, 0.15) is 5.69 Å². The van der Waals surface area contributed by atoms with Gasteiger partial charge in [0.2, 0.25) is 5.82 Å². The predicted octanol–water partition coefficient (Wildman–Crippen LogP) is 3.67. The maximum atomic E-state index is 11.2. The van der Waals surface area contributed by atoms with Crippen LogP contribution in [0.3, 0.4) is 0 Å². The average molecular weight is 280 g/mol. The van der Waals surface area contributed by atoms with Gasteiger partial charge in [0, 0.05) is 12.6 Å². The molecule has 1 aliphatic carbocycles. The molecule has 1 heterocycles. The molecule has 20 heavy (non-hydrogen) atoms. The monoisotopic (exact) mass is 280 g/mol. The van der Waals surface area contributed by atoms with E-state index >= 15 is 0 Å². The lowest BCUT2D eigenvalue weighted by molar-refractivity contribution is -0.384. The van der Waals surface area contributed by atoms with E-state index in [0.717, 1.165) is 6.54 Å². The molecule has 1 aromatic rings. The molecule has 0 aromatic carbocycles. The van der Waals surface area contributed by atoms with Crippen molar-refractivity contribution >= 4 is 11.5 Å². The van der Waals surface area contributed by atoms with Crippen molar-refractivity contribution in [3.05, 3.63) is 15.8 Å². The van der Waals surface area contributed by atoms with Gasteiger partial charge in [-0.1, -0.05) is 19.3 Å². The smallest absolute Gasteiger partial charge is 0.333 e. The molecule has 6 heteroatoms. The summed E-state index contributed by atoms with van der Waals surface area (Å²) < 4.78 is 1.73. The minimum atomic E-state index is -0.329. The Labute approximate surface area is 119 Å². The van der Waals surface area contributed by atoms with Crippen LogP contribution in [0.15, 0.2) is 0 Å². The molecule has 0 aliphatic heterocycles. The summed E-state index contributed by atoms with van der Waals surface area (Å²) in [5, 5.41) is 18.8. The second kappa shape index (κ2) is 6.24. The van der Waals surface area contributed by atoms with Crippen molar-refractivity contribution in [2.24, 2.45) is 5.92 Å². The fourth-order valence-electron chi connectivity index (χ4n) is 2.93. The minimum Gasteiger partial charge on any atom is -0.364 e. The molecule has 0 bridgehead atoms. The number of nitrogens with zero attached hydrogens (tertiary/aromatic N) is 3. The third kappa shape index (κ3) is 3.11. The van der Waals surface area contributed by atoms with Gasteiger partial charge < -0.3 is 5.32 Å². The highest BCUT2D eigenvalue weighted by atomic mass is 16.6. The van der Waals surface area contributed by atoms with Gasteiger partial charge in [0.05, 0.1) is 4.92 Å². The summed E-state index contributed by atoms with van der Waals surface area (Å²) >= 11 is 0. The Morgan fingerprint density at radius 2 is 2.05 bits per heavy atom. The fraction of sp³-hybridized carbons (Fsp3) is 0.786. The Kier molecular flexibility index (Phi) is 4.62. The molecule has 1 saturated carbocycles. The van der Waals surface area contributed by atoms with E-state index in [-0.39, 0.29) is 16.7 Å². The largest absolute Gasteiger partial charge is 0.364 e. The summed E-state index contributed by atoms with van der Waals surface area (Å²) in [6.45, 7) is 6.48. The number of anilines is 1. The van der Waals surface area contributed by atoms with E-state index in [2.05, 4.69) is 10.4 Å². The fourth-order valence-corrected chi connectivity index (χ4v) is 2.93. The van der Waals surface area contributed by atoms with Crippen LogP contribution >= 0.6 is 0 Å². The molecule has 1 aromatic heterocycles. The lowest BCUT2D eigenvalue weighted by Gasteiger charge is -2.22. The molecule has 6 nitrogen and oxygen atoms in total. The summed E-state index contributed by atoms with van der Waals surface area (Å²) in [6.07, 6.45) is 6.30. The van der Waals surface area contributed by atoms with Gasteiger partial charge in [0.25, 0.3) is 0 Å². The van der Waals surface area contributed by atoms with Gasteiger partial charge in [-0.05, 0) is 39.5 Å². The molecular formula is C14H24N4O2. The summed E-state index contributed by atoms with van der Waals surface area (Å²) in [5.41, 5.74) is 0.601. The number of rotatable bonds is 5. The van der Waals surface area contributed by atoms with Crippen molar-refractivity contribution in [1.29, 1.82) is 0 Å². The quantitative estimate of drug-likeness (QED) is 0.659. The van der Waals surface area contributed by atoms with Crippen molar-refractivity contribution in [2.75, 3.05) is 11.9 Å². The summed E-state index contributed by atoms with van der Waals surface area (Å²) in [4.78, 5) is 10.9. The van der Waals surface area contributed by atoms with Crippen molar-refractivity contribution in [2.45, 2.75) is 58.9 Å². The molecule has 0 radical (unpaired) electrons. The third-order valence-corrected chi connectivity index (χ3v) is 4.01. The van der Waals surface area contributed by atoms with Crippen molar-refractivity contribution in [3.63, 3.8) is 0 Å². The van der Waals surface area contributed by atoms with E-state index < -0.39 is 0 Å². The Hall–Kier alpha value is -1.59. The van der Waals surface area contributed by atoms with Crippen LogP contribution in [0, 0.1) is 23.0 Å². The summed E-state index contributed by atoms with van der Waals surface area (Å²) in [7, 11) is 0. The zero-order valence-corrected chi connectivity index (χ0v) is 12.6. The third-order valence-electron chi connectivity index (χ3n) is 4.01. The van der Waals surface area contributed by atoms with E-state index in [1.54, 1.807) is 11.6 Å². The van der Waals surface area contributed by atoms with Gasteiger partial charge in [-0.25, -0.2) is 4.68 Å². The molecule has 1 N–H and O–H groups in total. The number of aromatic nitrogens is 2. The maximum absolute atomic E-state index is 11.2. The second-order valence-corrected chi connectivity index (χ2v) is 5.96. The van der Waals surface area contributed by atoms with Gasteiger partial charge in [-0.3, -0.25) is 10.1 Å². The molecular weight excluding hydrogens is 256 g/mol. The van der Waals surface area contributed by atoms with Gasteiger partial charge >= 0.3 is 5.69 Å². The first-order valence-corrected chi connectivity index (χ1v) is 7.48. The number of aryl methyl sites for hydroxylation is 1. The van der Waals surface area contributed by atoms with Crippen LogP contribution in [0.1, 0.15) is 57.7 Å². The highest BCUT2D eigenvalue weighted by molar-refractivity contribution is 5.59. The number of nitrogens with one attached hydrogen (secondary N) is 1. The van der Waals surface area contributed by atoms with E-state index in [9.17, 15) is 10.1 Å². The Morgan fingerprint density at radius 1 is 1.40 bits per heavy atom. The van der Waals surface area contributed by atoms with Gasteiger partial charge in [0.15, 0.2) is 0 Å². The molecule has 1 aliphatic rings. The maximum Gasteiger partial charge on any atom is 0.333 e. The molecule has 1 fully saturated rings. The highest BCUT2D eigenvalue weighted by Gasteiger charge is 2.27. The van der Waals surface area contributed by atoms with Crippen LogP contribution in [-0.2, 0) is 0 Å². The SMILES string of the molecule is Cc1nn(C(C)C)c(NCC2CCCCC2)c1[N+](=O)[O-]. The lowest BCUT2D eigenvalue weighted by atomic mass is 9.89. The highest BCUT2D eigenvalue weighted by Crippen LogP contribution is 2.32. The molecule has 0 amide bonds. The van der Waals surface area contributed by atoms with Crippen LogP contribution in [0.2, 0.25) is 0 Å². The van der Waals surface area contributed by atoms with E-state index in [1.807, 2.05) is 13.8 Å². The first kappa shape index (κ1) is 14.8. The van der Waals surface area contributed by atoms with Crippen molar-refractivity contribution in [3.8, 4) is 0 Å². The van der Waals surface area contributed by atoms with Crippen LogP contribution < -0.4 is 5.32 Å². The number of hydrogen-bond donors (Lipinski definition) is 1. The molecule has 0 atom stereocenters. The van der Waals surface area contributed by atoms with Crippen LogP contribution in [0.5, 0.6) is 0 Å². The van der Waals surface area contributed by atoms with Crippen LogP contribution in [-0.4, -0.2) is 21.2 Å². The normalized spacial score (nSPS) is 16.6. The van der Waals surface area contributed by atoms with Crippen molar-refractivity contribution in [1.82, 2.24) is 9.78 Å². The Morgan fingerprint density at radius 3 is 2.60 bits per heavy atom. The van der Waals surface area contributed by atoms with E-state index in [0.29, 0.717) is 17.4 Å². The first-order chi connectivity index (χ1) is 9.50. The van der Waals surface area contributed by atoms with Crippen LogP contribution in [0.4, 0.5) is 11.5 Å². The molecule has 0 unspecified atom stereocenters. The number of nitro groups is 1. The van der Waals surface area contributed by atoms with Crippen molar-refractivity contribution < 1.29 is 4.92 Å². The molecule has 112 valence electrons. The second-order valence-electron chi connectivity index (χ2n) is 5.96. The first-order valence-electron chi connectivity index (χ1n) is 7.48. The number of hydrogen-bond acceptors (Lipinski definition) is 4. The summed E-state index contributed by atoms with van der Waals surface area (Å²) in [5.74, 6) is 1.19. The predicted molar refractivity (Wildman–Crippen MR) is 79.1 cm³/mol. The minimum absolute atomic E-state index is 0.108. The van der Waals surface area contributed by atoms with Gasteiger partial charge in [-0.2, -0.15) is 5.10 Å².